The van der Waals surface area contributed by atoms with E-state index in [1.807, 2.05) is 37.1 Å². The van der Waals surface area contributed by atoms with E-state index in [4.69, 9.17) is 19.4 Å². The topological polar surface area (TPSA) is 154 Å². The van der Waals surface area contributed by atoms with Crippen molar-refractivity contribution in [2.45, 2.75) is 117 Å². The third-order valence-electron chi connectivity index (χ3n) is 14.5. The van der Waals surface area contributed by atoms with Crippen LogP contribution in [0.3, 0.4) is 0 Å². The van der Waals surface area contributed by atoms with Crippen LogP contribution < -0.4 is 10.7 Å². The average molecular weight is 924 g/mol. The van der Waals surface area contributed by atoms with Crippen LogP contribution >= 0.6 is 11.3 Å². The van der Waals surface area contributed by atoms with Crippen molar-refractivity contribution < 1.29 is 28.7 Å². The first-order valence-electron chi connectivity index (χ1n) is 23.8. The van der Waals surface area contributed by atoms with Crippen LogP contribution in [0.1, 0.15) is 96.0 Å². The lowest BCUT2D eigenvalue weighted by molar-refractivity contribution is -0.155. The summed E-state index contributed by atoms with van der Waals surface area (Å²) in [6.07, 6.45) is 6.40. The van der Waals surface area contributed by atoms with Crippen molar-refractivity contribution in [2.75, 3.05) is 60.5 Å². The van der Waals surface area contributed by atoms with Crippen LogP contribution in [0.15, 0.2) is 41.9 Å². The highest BCUT2D eigenvalue weighted by Crippen LogP contribution is 2.43. The number of fused-ring (bicyclic) bond motifs is 6. The number of likely N-dealkylation sites (tertiary alicyclic amines) is 2. The van der Waals surface area contributed by atoms with Crippen molar-refractivity contribution in [1.29, 1.82) is 0 Å². The molecule has 3 fully saturated rings. The van der Waals surface area contributed by atoms with Crippen molar-refractivity contribution in [3.63, 3.8) is 0 Å². The molecule has 3 saturated heterocycles. The number of piperidine rings is 1. The number of carbonyl (C=O) groups excluding carboxylic acids is 4. The maximum Gasteiger partial charge on any atom is 0.324 e. The Morgan fingerprint density at radius 2 is 1.85 bits per heavy atom. The van der Waals surface area contributed by atoms with Gasteiger partial charge in [0, 0.05) is 85.8 Å². The van der Waals surface area contributed by atoms with Gasteiger partial charge in [0.05, 0.1) is 34.8 Å². The van der Waals surface area contributed by atoms with Crippen LogP contribution in [0, 0.1) is 16.7 Å². The predicted octanol–water partition coefficient (Wildman–Crippen LogP) is 6.70. The lowest BCUT2D eigenvalue weighted by Crippen LogP contribution is -2.62. The van der Waals surface area contributed by atoms with Crippen LogP contribution in [-0.4, -0.2) is 137 Å². The summed E-state index contributed by atoms with van der Waals surface area (Å²) in [6, 6.07) is 7.70. The molecule has 0 saturated carbocycles. The van der Waals surface area contributed by atoms with E-state index in [2.05, 4.69) is 72.3 Å². The lowest BCUT2D eigenvalue weighted by atomic mass is 9.78. The lowest BCUT2D eigenvalue weighted by Gasteiger charge is -2.39. The summed E-state index contributed by atoms with van der Waals surface area (Å²) in [4.78, 5) is 73.1. The number of methoxy groups -OCH3 is 1. The molecule has 8 rings (SSSR count). The molecule has 4 atom stereocenters. The summed E-state index contributed by atoms with van der Waals surface area (Å²) in [5.74, 6) is -1.46. The van der Waals surface area contributed by atoms with Gasteiger partial charge in [0.15, 0.2) is 0 Å². The number of ether oxygens (including phenoxy) is 2. The van der Waals surface area contributed by atoms with Gasteiger partial charge in [-0.3, -0.25) is 24.4 Å². The Bertz CT molecular complexity index is 2440. The van der Waals surface area contributed by atoms with E-state index in [0.29, 0.717) is 50.4 Å². The number of urea groups is 1. The molecule has 2 N–H and O–H groups in total. The quantitative estimate of drug-likeness (QED) is 0.183. The number of amides is 4. The van der Waals surface area contributed by atoms with Gasteiger partial charge in [0.1, 0.15) is 18.1 Å². The second kappa shape index (κ2) is 19.4. The zero-order valence-electron chi connectivity index (χ0n) is 40.3. The highest BCUT2D eigenvalue weighted by molar-refractivity contribution is 7.10. The first-order chi connectivity index (χ1) is 31.5. The zero-order chi connectivity index (χ0) is 47.1. The zero-order valence-corrected chi connectivity index (χ0v) is 41.1. The minimum Gasteiger partial charge on any atom is -0.464 e. The number of esters is 1. The van der Waals surface area contributed by atoms with Gasteiger partial charge in [-0.2, -0.15) is 0 Å². The molecule has 16 heteroatoms. The SMILES string of the molecule is CCn1c(-c2cccnc2[C@H](C)OC)c2c3cc(ccc31)-c1csc(n1)C[C@H](NC(=O)C(C(C)C)N(C)C(=O)N1CCC3(CCN(C)CC3)C1)C(=O)N1CCC[C@H](N1)C(=O)OCC(C)(C)C2. The maximum absolute atomic E-state index is 14.7. The normalized spacial score (nSPS) is 22.3. The summed E-state index contributed by atoms with van der Waals surface area (Å²) in [5, 5.41) is 8.30. The molecule has 4 amide bonds. The molecular weight excluding hydrogens is 855 g/mol. The molecule has 4 aromatic rings. The van der Waals surface area contributed by atoms with Crippen molar-refractivity contribution in [3.8, 4) is 22.5 Å². The van der Waals surface area contributed by atoms with E-state index in [0.717, 1.165) is 77.0 Å². The molecule has 1 unspecified atom stereocenters. The molecular formula is C50H69N9O6S. The van der Waals surface area contributed by atoms with Gasteiger partial charge in [0.25, 0.3) is 5.91 Å². The van der Waals surface area contributed by atoms with Gasteiger partial charge < -0.3 is 34.1 Å². The largest absolute Gasteiger partial charge is 0.464 e. The number of nitrogens with zero attached hydrogens (tertiary/aromatic N) is 7. The standard InChI is InChI=1S/C50H69N9O6S/c1-10-58-40-16-15-33-25-35(40)36(44(58)34-13-11-20-51-42(34)32(4)64-9)27-49(5,6)30-65-47(62)37-14-12-21-59(54-37)46(61)38(26-41-52-39(33)28-66-41)53-45(60)43(31(2)3)56(8)48(63)57-24-19-50(29-57)17-22-55(7)23-18-50/h11,13,15-16,20,25,28,31-32,37-38,43,54H,10,12,14,17-19,21-24,26-27,29-30H2,1-9H3,(H,53,60)/t32-,37-,38-,43?/m0/s1. The number of hydrogen-bond acceptors (Lipinski definition) is 11. The summed E-state index contributed by atoms with van der Waals surface area (Å²) in [5.41, 5.74) is 9.57. The molecule has 6 bridgehead atoms. The smallest absolute Gasteiger partial charge is 0.324 e. The monoisotopic (exact) mass is 924 g/mol. The fourth-order valence-corrected chi connectivity index (χ4v) is 11.5. The second-order valence-electron chi connectivity index (χ2n) is 20.3. The molecule has 7 heterocycles. The summed E-state index contributed by atoms with van der Waals surface area (Å²) < 4.78 is 14.3. The fraction of sp³-hybridized carbons (Fsp3) is 0.600. The third-order valence-corrected chi connectivity index (χ3v) is 15.4. The number of rotatable bonds is 8. The number of benzene rings is 1. The Morgan fingerprint density at radius 1 is 1.09 bits per heavy atom. The number of likely N-dealkylation sites (N-methyl/N-ethyl adjacent to an activating group) is 1. The van der Waals surface area contributed by atoms with Crippen LogP contribution in [-0.2, 0) is 43.2 Å². The van der Waals surface area contributed by atoms with E-state index in [1.165, 1.54) is 16.3 Å². The molecule has 66 heavy (non-hydrogen) atoms. The third kappa shape index (κ3) is 9.61. The summed E-state index contributed by atoms with van der Waals surface area (Å²) in [7, 11) is 5.54. The summed E-state index contributed by atoms with van der Waals surface area (Å²) in [6.45, 7) is 16.8. The molecule has 4 aliphatic rings. The van der Waals surface area contributed by atoms with Gasteiger partial charge in [-0.15, -0.1) is 11.3 Å². The number of cyclic esters (lactones) is 1. The van der Waals surface area contributed by atoms with Gasteiger partial charge in [-0.05, 0) is 114 Å². The van der Waals surface area contributed by atoms with Gasteiger partial charge in [0.2, 0.25) is 5.91 Å². The summed E-state index contributed by atoms with van der Waals surface area (Å²) >= 11 is 1.44. The number of aryl methyl sites for hydroxylation is 1. The first-order valence-corrected chi connectivity index (χ1v) is 24.7. The molecule has 15 nitrogen and oxygen atoms in total. The molecule has 0 radical (unpaired) electrons. The number of hydrogen-bond donors (Lipinski definition) is 2. The number of carbonyl (C=O) groups is 4. The van der Waals surface area contributed by atoms with Crippen molar-refractivity contribution in [3.05, 3.63) is 58.2 Å². The predicted molar refractivity (Wildman–Crippen MR) is 256 cm³/mol. The number of nitrogens with one attached hydrogen (secondary N) is 2. The Balaban J connectivity index is 1.14. The van der Waals surface area contributed by atoms with Gasteiger partial charge in [-0.25, -0.2) is 15.2 Å². The van der Waals surface area contributed by atoms with Gasteiger partial charge >= 0.3 is 12.0 Å². The second-order valence-corrected chi connectivity index (χ2v) is 21.3. The maximum atomic E-state index is 14.7. The Morgan fingerprint density at radius 3 is 2.58 bits per heavy atom. The van der Waals surface area contributed by atoms with Gasteiger partial charge in [-0.1, -0.05) is 33.8 Å². The molecule has 3 aromatic heterocycles. The van der Waals surface area contributed by atoms with E-state index >= 15 is 0 Å². The highest BCUT2D eigenvalue weighted by atomic mass is 32.1. The molecule has 4 aliphatic heterocycles. The molecule has 1 spiro atoms. The van der Waals surface area contributed by atoms with Crippen LogP contribution in [0.25, 0.3) is 33.4 Å². The molecule has 1 aromatic carbocycles. The molecule has 0 aliphatic carbocycles. The number of thiazole rings is 1. The van der Waals surface area contributed by atoms with Crippen molar-refractivity contribution in [1.82, 2.24) is 45.0 Å². The van der Waals surface area contributed by atoms with Crippen LogP contribution in [0.2, 0.25) is 0 Å². The highest BCUT2D eigenvalue weighted by Gasteiger charge is 2.44. The van der Waals surface area contributed by atoms with Crippen molar-refractivity contribution >= 4 is 46.1 Å². The van der Waals surface area contributed by atoms with Crippen LogP contribution in [0.4, 0.5) is 4.79 Å². The average Bonchev–Trinajstić information content (AvgIpc) is 4.04. The first kappa shape index (κ1) is 47.6. The Hall–Kier alpha value is -4.90. The van der Waals surface area contributed by atoms with E-state index < -0.39 is 35.4 Å². The van der Waals surface area contributed by atoms with E-state index in [-0.39, 0.29) is 42.4 Å². The number of pyridine rings is 1. The number of aromatic nitrogens is 3. The fourth-order valence-electron chi connectivity index (χ4n) is 10.7. The van der Waals surface area contributed by atoms with Crippen LogP contribution in [0.5, 0.6) is 0 Å². The van der Waals surface area contributed by atoms with E-state index in [1.54, 1.807) is 25.3 Å². The minimum absolute atomic E-state index is 0.117. The number of hydrazine groups is 1. The van der Waals surface area contributed by atoms with Crippen molar-refractivity contribution in [2.24, 2.45) is 16.7 Å². The molecule has 356 valence electrons. The minimum atomic E-state index is -1.03. The Labute approximate surface area is 393 Å². The van der Waals surface area contributed by atoms with E-state index in [9.17, 15) is 19.2 Å². The Kier molecular flexibility index (Phi) is 14.0.